The fourth-order valence-corrected chi connectivity index (χ4v) is 3.10. The molecule has 1 aliphatic heterocycles. The maximum absolute atomic E-state index is 12.3. The molecule has 140 valence electrons. The summed E-state index contributed by atoms with van der Waals surface area (Å²) in [7, 11) is 3.46. The molecule has 10 heteroatoms. The van der Waals surface area contributed by atoms with E-state index in [9.17, 15) is 24.5 Å². The lowest BCUT2D eigenvalue weighted by Gasteiger charge is -2.21. The molecule has 1 heterocycles. The molecule has 1 aliphatic rings. The van der Waals surface area contributed by atoms with Crippen LogP contribution in [-0.2, 0) is 28.6 Å². The monoisotopic (exact) mass is 366 g/mol. The topological polar surface area (TPSA) is 134 Å². The molecule has 1 aromatic rings. The minimum absolute atomic E-state index is 0.129. The number of benzene rings is 1. The fourth-order valence-electron chi connectivity index (χ4n) is 3.10. The number of nitro groups is 1. The van der Waals surface area contributed by atoms with Crippen LogP contribution < -0.4 is 5.32 Å². The molecule has 0 spiro atoms. The first-order chi connectivity index (χ1) is 12.3. The highest BCUT2D eigenvalue weighted by Crippen LogP contribution is 2.39. The van der Waals surface area contributed by atoms with Crippen molar-refractivity contribution in [1.82, 2.24) is 5.32 Å². The number of hydrogen-bond donors (Lipinski definition) is 1. The molecule has 1 unspecified atom stereocenters. The Balaban J connectivity index is 2.48. The van der Waals surface area contributed by atoms with E-state index in [-0.39, 0.29) is 5.69 Å². The van der Waals surface area contributed by atoms with E-state index in [0.29, 0.717) is 5.56 Å². The van der Waals surface area contributed by atoms with Gasteiger partial charge in [-0.15, -0.1) is 0 Å². The number of nitrogens with zero attached hydrogens (tertiary/aromatic N) is 1. The maximum atomic E-state index is 12.3. The average molecular weight is 366 g/mol. The Labute approximate surface area is 148 Å². The summed E-state index contributed by atoms with van der Waals surface area (Å²) in [6.07, 6.45) is 0. The van der Waals surface area contributed by atoms with E-state index >= 15 is 0 Å². The number of nitrogens with one attached hydrogen (secondary N) is 1. The van der Waals surface area contributed by atoms with Gasteiger partial charge in [0, 0.05) is 18.2 Å². The van der Waals surface area contributed by atoms with Crippen LogP contribution >= 0.6 is 0 Å². The summed E-state index contributed by atoms with van der Waals surface area (Å²) in [6, 6.07) is 3.50. The molecule has 26 heavy (non-hydrogen) atoms. The van der Waals surface area contributed by atoms with Gasteiger partial charge in [0.2, 0.25) is 0 Å². The van der Waals surface area contributed by atoms with Crippen LogP contribution in [0.3, 0.4) is 0 Å². The zero-order chi connectivity index (χ0) is 19.4. The fraction of sp³-hybridized carbons (Fsp3) is 0.438. The normalized spacial score (nSPS) is 24.6. The zero-order valence-electron chi connectivity index (χ0n) is 14.3. The minimum atomic E-state index is -1.17. The van der Waals surface area contributed by atoms with Crippen molar-refractivity contribution in [3.8, 4) is 0 Å². The number of rotatable bonds is 5. The Bertz CT molecular complexity index is 717. The maximum Gasteiger partial charge on any atom is 0.323 e. The van der Waals surface area contributed by atoms with Crippen LogP contribution in [-0.4, -0.2) is 50.2 Å². The third kappa shape index (κ3) is 3.49. The first kappa shape index (κ1) is 19.3. The number of esters is 3. The van der Waals surface area contributed by atoms with Gasteiger partial charge in [-0.2, -0.15) is 0 Å². The summed E-state index contributed by atoms with van der Waals surface area (Å²) in [5, 5.41) is 13.7. The first-order valence-corrected chi connectivity index (χ1v) is 7.59. The SMILES string of the molecule is COC(=O)[C@H]1[C@@H](C(=O)OC)NC(c2ccc([N+](=O)[O-])cc2)[C@H]1C(=O)OC. The largest absolute Gasteiger partial charge is 0.469 e. The molecule has 0 bridgehead atoms. The Morgan fingerprint density at radius 2 is 1.42 bits per heavy atom. The van der Waals surface area contributed by atoms with Gasteiger partial charge in [0.05, 0.1) is 38.1 Å². The molecule has 0 saturated carbocycles. The lowest BCUT2D eigenvalue weighted by atomic mass is 9.84. The molecule has 1 N–H and O–H groups in total. The molecule has 1 saturated heterocycles. The highest BCUT2D eigenvalue weighted by atomic mass is 16.6. The highest BCUT2D eigenvalue weighted by molar-refractivity contribution is 5.91. The van der Waals surface area contributed by atoms with Gasteiger partial charge in [0.25, 0.3) is 5.69 Å². The van der Waals surface area contributed by atoms with Gasteiger partial charge in [0.1, 0.15) is 6.04 Å². The van der Waals surface area contributed by atoms with Crippen LogP contribution in [0.5, 0.6) is 0 Å². The molecule has 0 aromatic heterocycles. The van der Waals surface area contributed by atoms with Crippen molar-refractivity contribution >= 4 is 23.6 Å². The lowest BCUT2D eigenvalue weighted by molar-refractivity contribution is -0.384. The number of carbonyl (C=O) groups is 3. The second-order valence-corrected chi connectivity index (χ2v) is 5.59. The molecular weight excluding hydrogens is 348 g/mol. The van der Waals surface area contributed by atoms with E-state index in [1.165, 1.54) is 24.3 Å². The Morgan fingerprint density at radius 3 is 1.88 bits per heavy atom. The molecule has 4 atom stereocenters. The summed E-state index contributed by atoms with van der Waals surface area (Å²) in [5.74, 6) is -4.47. The Morgan fingerprint density at radius 1 is 0.923 bits per heavy atom. The van der Waals surface area contributed by atoms with Crippen LogP contribution in [0, 0.1) is 22.0 Å². The van der Waals surface area contributed by atoms with Gasteiger partial charge in [-0.1, -0.05) is 12.1 Å². The van der Waals surface area contributed by atoms with Gasteiger partial charge in [-0.3, -0.25) is 29.8 Å². The van der Waals surface area contributed by atoms with Crippen LogP contribution in [0.25, 0.3) is 0 Å². The number of ether oxygens (including phenoxy) is 3. The predicted molar refractivity (Wildman–Crippen MR) is 85.8 cm³/mol. The van der Waals surface area contributed by atoms with E-state index < -0.39 is 46.8 Å². The Kier molecular flexibility index (Phi) is 5.88. The van der Waals surface area contributed by atoms with Gasteiger partial charge < -0.3 is 14.2 Å². The smallest absolute Gasteiger partial charge is 0.323 e. The van der Waals surface area contributed by atoms with Crippen molar-refractivity contribution < 1.29 is 33.5 Å². The molecule has 1 fully saturated rings. The third-order valence-corrected chi connectivity index (χ3v) is 4.33. The summed E-state index contributed by atoms with van der Waals surface area (Å²) in [4.78, 5) is 46.9. The van der Waals surface area contributed by atoms with Crippen LogP contribution in [0.4, 0.5) is 5.69 Å². The number of hydrogen-bond acceptors (Lipinski definition) is 9. The zero-order valence-corrected chi connectivity index (χ0v) is 14.3. The summed E-state index contributed by atoms with van der Waals surface area (Å²) in [6.45, 7) is 0. The van der Waals surface area contributed by atoms with Crippen molar-refractivity contribution in [1.29, 1.82) is 0 Å². The number of methoxy groups -OCH3 is 3. The quantitative estimate of drug-likeness (QED) is 0.339. The number of carbonyl (C=O) groups excluding carboxylic acids is 3. The average Bonchev–Trinajstić information content (AvgIpc) is 3.06. The third-order valence-electron chi connectivity index (χ3n) is 4.33. The van der Waals surface area contributed by atoms with E-state index in [1.807, 2.05) is 0 Å². The second-order valence-electron chi connectivity index (χ2n) is 5.59. The van der Waals surface area contributed by atoms with E-state index in [4.69, 9.17) is 14.2 Å². The van der Waals surface area contributed by atoms with Crippen molar-refractivity contribution in [2.75, 3.05) is 21.3 Å². The molecule has 1 aromatic carbocycles. The predicted octanol–water partition coefficient (Wildman–Crippen LogP) is 0.359. The van der Waals surface area contributed by atoms with Crippen LogP contribution in [0.15, 0.2) is 24.3 Å². The summed E-state index contributed by atoms with van der Waals surface area (Å²) < 4.78 is 14.2. The van der Waals surface area contributed by atoms with E-state index in [1.54, 1.807) is 0 Å². The minimum Gasteiger partial charge on any atom is -0.469 e. The lowest BCUT2D eigenvalue weighted by Crippen LogP contribution is -2.42. The highest BCUT2D eigenvalue weighted by Gasteiger charge is 2.55. The van der Waals surface area contributed by atoms with E-state index in [0.717, 1.165) is 21.3 Å². The van der Waals surface area contributed by atoms with Crippen LogP contribution in [0.2, 0.25) is 0 Å². The molecular formula is C16H18N2O8. The molecule has 2 rings (SSSR count). The Hall–Kier alpha value is -3.01. The van der Waals surface area contributed by atoms with Gasteiger partial charge in [0.15, 0.2) is 0 Å². The molecule has 10 nitrogen and oxygen atoms in total. The molecule has 0 aliphatic carbocycles. The second kappa shape index (κ2) is 7.91. The van der Waals surface area contributed by atoms with Crippen molar-refractivity contribution in [2.24, 2.45) is 11.8 Å². The standard InChI is InChI=1S/C16H18N2O8/c1-24-14(19)10-11(15(20)25-2)13(16(21)26-3)17-12(10)8-4-6-9(7-5-8)18(22)23/h4-7,10-13,17H,1-3H3/t10-,11+,12?,13-/m0/s1. The summed E-state index contributed by atoms with van der Waals surface area (Å²) in [5.41, 5.74) is 0.349. The van der Waals surface area contributed by atoms with Crippen LogP contribution in [0.1, 0.15) is 11.6 Å². The first-order valence-electron chi connectivity index (χ1n) is 7.59. The molecule has 0 radical (unpaired) electrons. The number of nitro benzene ring substituents is 1. The van der Waals surface area contributed by atoms with E-state index in [2.05, 4.69) is 5.32 Å². The summed E-state index contributed by atoms with van der Waals surface area (Å²) >= 11 is 0. The van der Waals surface area contributed by atoms with Crippen molar-refractivity contribution in [3.05, 3.63) is 39.9 Å². The van der Waals surface area contributed by atoms with Gasteiger partial charge in [-0.25, -0.2) is 0 Å². The van der Waals surface area contributed by atoms with Gasteiger partial charge in [-0.05, 0) is 5.56 Å². The number of non-ortho nitro benzene ring substituents is 1. The molecule has 0 amide bonds. The van der Waals surface area contributed by atoms with Crippen molar-refractivity contribution in [2.45, 2.75) is 12.1 Å². The van der Waals surface area contributed by atoms with Crippen molar-refractivity contribution in [3.63, 3.8) is 0 Å². The van der Waals surface area contributed by atoms with Gasteiger partial charge >= 0.3 is 17.9 Å².